The Kier molecular flexibility index (Phi) is 4.61. The molecule has 0 amide bonds. The Hall–Kier alpha value is -1.52. The van der Waals surface area contributed by atoms with E-state index < -0.39 is 0 Å². The van der Waals surface area contributed by atoms with Gasteiger partial charge in [-0.1, -0.05) is 32.1 Å². The highest BCUT2D eigenvalue weighted by Gasteiger charge is 2.12. The monoisotopic (exact) mass is 249 g/mol. The summed E-state index contributed by atoms with van der Waals surface area (Å²) in [6.07, 6.45) is 8.20. The van der Waals surface area contributed by atoms with Crippen LogP contribution in [0.5, 0.6) is 0 Å². The third-order valence-electron chi connectivity index (χ3n) is 3.58. The highest BCUT2D eigenvalue weighted by molar-refractivity contribution is 5.50. The fourth-order valence-corrected chi connectivity index (χ4v) is 2.56. The van der Waals surface area contributed by atoms with Crippen molar-refractivity contribution in [3.05, 3.63) is 6.07 Å². The van der Waals surface area contributed by atoms with Gasteiger partial charge in [-0.05, 0) is 12.3 Å². The molecule has 0 aliphatic heterocycles. The van der Waals surface area contributed by atoms with Gasteiger partial charge in [0, 0.05) is 19.7 Å². The van der Waals surface area contributed by atoms with E-state index >= 15 is 0 Å². The van der Waals surface area contributed by atoms with E-state index in [1.54, 1.807) is 0 Å². The Labute approximate surface area is 109 Å². The Bertz CT molecular complexity index is 374. The largest absolute Gasteiger partial charge is 0.373 e. The maximum Gasteiger partial charge on any atom is 0.223 e. The second-order valence-corrected chi connectivity index (χ2v) is 4.97. The molecule has 0 spiro atoms. The Balaban J connectivity index is 1.80. The van der Waals surface area contributed by atoms with Crippen LogP contribution >= 0.6 is 0 Å². The second kappa shape index (κ2) is 6.42. The summed E-state index contributed by atoms with van der Waals surface area (Å²) < 4.78 is 0. The number of nitrogens with two attached hydrogens (primary N) is 1. The first kappa shape index (κ1) is 12.9. The smallest absolute Gasteiger partial charge is 0.223 e. The van der Waals surface area contributed by atoms with Crippen LogP contribution in [-0.2, 0) is 0 Å². The zero-order chi connectivity index (χ0) is 12.8. The molecule has 1 fully saturated rings. The SMILES string of the molecule is CNc1cc(NCCC2CCCCC2)nc(N)n1. The van der Waals surface area contributed by atoms with Crippen LogP contribution in [0.2, 0.25) is 0 Å². The number of anilines is 3. The van der Waals surface area contributed by atoms with Crippen molar-refractivity contribution in [1.29, 1.82) is 0 Å². The summed E-state index contributed by atoms with van der Waals surface area (Å²) in [6, 6.07) is 1.89. The number of nitrogen functional groups attached to an aromatic ring is 1. The lowest BCUT2D eigenvalue weighted by Gasteiger charge is -2.21. The molecule has 0 aromatic carbocycles. The number of rotatable bonds is 5. The van der Waals surface area contributed by atoms with E-state index in [1.165, 1.54) is 38.5 Å². The highest BCUT2D eigenvalue weighted by Crippen LogP contribution is 2.26. The van der Waals surface area contributed by atoms with Gasteiger partial charge in [-0.25, -0.2) is 0 Å². The molecule has 2 rings (SSSR count). The normalized spacial score (nSPS) is 16.5. The molecular formula is C13H23N5. The zero-order valence-corrected chi connectivity index (χ0v) is 11.1. The molecular weight excluding hydrogens is 226 g/mol. The molecule has 0 atom stereocenters. The lowest BCUT2D eigenvalue weighted by Crippen LogP contribution is -2.13. The van der Waals surface area contributed by atoms with E-state index in [1.807, 2.05) is 13.1 Å². The van der Waals surface area contributed by atoms with Crippen LogP contribution in [0.1, 0.15) is 38.5 Å². The number of aromatic nitrogens is 2. The predicted molar refractivity (Wildman–Crippen MR) is 75.7 cm³/mol. The molecule has 5 heteroatoms. The van der Waals surface area contributed by atoms with Crippen LogP contribution in [-0.4, -0.2) is 23.6 Å². The summed E-state index contributed by atoms with van der Waals surface area (Å²) in [7, 11) is 1.83. The van der Waals surface area contributed by atoms with Crippen molar-refractivity contribution < 1.29 is 0 Å². The van der Waals surface area contributed by atoms with Gasteiger partial charge in [-0.15, -0.1) is 0 Å². The molecule has 1 aliphatic carbocycles. The van der Waals surface area contributed by atoms with Gasteiger partial charge in [0.15, 0.2) is 0 Å². The number of hydrogen-bond acceptors (Lipinski definition) is 5. The van der Waals surface area contributed by atoms with Crippen molar-refractivity contribution in [2.24, 2.45) is 5.92 Å². The van der Waals surface area contributed by atoms with Crippen LogP contribution in [0.25, 0.3) is 0 Å². The molecule has 0 saturated heterocycles. The van der Waals surface area contributed by atoms with Gasteiger partial charge in [0.2, 0.25) is 5.95 Å². The molecule has 0 unspecified atom stereocenters. The first-order valence-electron chi connectivity index (χ1n) is 6.84. The third kappa shape index (κ3) is 3.75. The lowest BCUT2D eigenvalue weighted by atomic mass is 9.87. The summed E-state index contributed by atoms with van der Waals surface area (Å²) in [5.41, 5.74) is 5.65. The topological polar surface area (TPSA) is 75.9 Å². The highest BCUT2D eigenvalue weighted by atomic mass is 15.1. The van der Waals surface area contributed by atoms with E-state index in [-0.39, 0.29) is 0 Å². The fourth-order valence-electron chi connectivity index (χ4n) is 2.56. The van der Waals surface area contributed by atoms with Crippen molar-refractivity contribution >= 4 is 17.6 Å². The number of hydrogen-bond donors (Lipinski definition) is 3. The molecule has 1 saturated carbocycles. The van der Waals surface area contributed by atoms with E-state index in [9.17, 15) is 0 Å². The predicted octanol–water partition coefficient (Wildman–Crippen LogP) is 2.48. The fraction of sp³-hybridized carbons (Fsp3) is 0.692. The van der Waals surface area contributed by atoms with Gasteiger partial charge in [0.1, 0.15) is 11.6 Å². The average molecular weight is 249 g/mol. The van der Waals surface area contributed by atoms with Crippen molar-refractivity contribution in [3.63, 3.8) is 0 Å². The van der Waals surface area contributed by atoms with Gasteiger partial charge < -0.3 is 16.4 Å². The van der Waals surface area contributed by atoms with Gasteiger partial charge >= 0.3 is 0 Å². The van der Waals surface area contributed by atoms with Crippen molar-refractivity contribution in [2.75, 3.05) is 30.0 Å². The summed E-state index contributed by atoms with van der Waals surface area (Å²) >= 11 is 0. The van der Waals surface area contributed by atoms with Crippen LogP contribution in [0.4, 0.5) is 17.6 Å². The minimum absolute atomic E-state index is 0.307. The lowest BCUT2D eigenvalue weighted by molar-refractivity contribution is 0.345. The number of nitrogens with zero attached hydrogens (tertiary/aromatic N) is 2. The van der Waals surface area contributed by atoms with Gasteiger partial charge in [-0.3, -0.25) is 0 Å². The molecule has 100 valence electrons. The maximum absolute atomic E-state index is 5.65. The van der Waals surface area contributed by atoms with Gasteiger partial charge in [0.05, 0.1) is 0 Å². The summed E-state index contributed by atoms with van der Waals surface area (Å²) in [6.45, 7) is 0.963. The zero-order valence-electron chi connectivity index (χ0n) is 11.1. The number of nitrogens with one attached hydrogen (secondary N) is 2. The molecule has 0 radical (unpaired) electrons. The van der Waals surface area contributed by atoms with Crippen LogP contribution in [0, 0.1) is 5.92 Å². The maximum atomic E-state index is 5.65. The summed E-state index contributed by atoms with van der Waals surface area (Å²) in [4.78, 5) is 8.25. The molecule has 1 aliphatic rings. The molecule has 1 heterocycles. The molecule has 0 bridgehead atoms. The average Bonchev–Trinajstić information content (AvgIpc) is 2.39. The molecule has 1 aromatic heterocycles. The van der Waals surface area contributed by atoms with Crippen LogP contribution in [0.15, 0.2) is 6.07 Å². The van der Waals surface area contributed by atoms with Gasteiger partial charge in [0.25, 0.3) is 0 Å². The van der Waals surface area contributed by atoms with E-state index in [0.29, 0.717) is 5.95 Å². The Morgan fingerprint density at radius 3 is 2.67 bits per heavy atom. The summed E-state index contributed by atoms with van der Waals surface area (Å²) in [5.74, 6) is 2.75. The van der Waals surface area contributed by atoms with Crippen LogP contribution in [0.3, 0.4) is 0 Å². The second-order valence-electron chi connectivity index (χ2n) is 4.97. The third-order valence-corrected chi connectivity index (χ3v) is 3.58. The molecule has 5 nitrogen and oxygen atoms in total. The summed E-state index contributed by atoms with van der Waals surface area (Å²) in [5, 5.41) is 6.31. The molecule has 4 N–H and O–H groups in total. The van der Waals surface area contributed by atoms with Crippen molar-refractivity contribution in [1.82, 2.24) is 9.97 Å². The molecule has 1 aromatic rings. The Morgan fingerprint density at radius 2 is 1.94 bits per heavy atom. The quantitative estimate of drug-likeness (QED) is 0.747. The first-order valence-corrected chi connectivity index (χ1v) is 6.84. The minimum atomic E-state index is 0.307. The van der Waals surface area contributed by atoms with Gasteiger partial charge in [-0.2, -0.15) is 9.97 Å². The van der Waals surface area contributed by atoms with E-state index in [2.05, 4.69) is 20.6 Å². The van der Waals surface area contributed by atoms with Crippen LogP contribution < -0.4 is 16.4 Å². The minimum Gasteiger partial charge on any atom is -0.373 e. The van der Waals surface area contributed by atoms with Crippen molar-refractivity contribution in [2.45, 2.75) is 38.5 Å². The van der Waals surface area contributed by atoms with E-state index in [4.69, 9.17) is 5.73 Å². The standard InChI is InChI=1S/C13H23N5/c1-15-11-9-12(18-13(14)17-11)16-8-7-10-5-3-2-4-6-10/h9-10H,2-8H2,1H3,(H4,14,15,16,17,18). The van der Waals surface area contributed by atoms with Crippen molar-refractivity contribution in [3.8, 4) is 0 Å². The first-order chi connectivity index (χ1) is 8.78. The Morgan fingerprint density at radius 1 is 1.22 bits per heavy atom. The molecule has 18 heavy (non-hydrogen) atoms. The van der Waals surface area contributed by atoms with E-state index in [0.717, 1.165) is 24.1 Å².